The smallest absolute Gasteiger partial charge is 0.428 e. The number of alkyl halides is 4. The predicted octanol–water partition coefficient (Wildman–Crippen LogP) is 7.89. The molecular formula is C27H25ClF5NO. The summed E-state index contributed by atoms with van der Waals surface area (Å²) in [6, 6.07) is 10.5. The molecule has 35 heavy (non-hydrogen) atoms. The third kappa shape index (κ3) is 7.83. The van der Waals surface area contributed by atoms with E-state index in [0.717, 1.165) is 23.3 Å². The Morgan fingerprint density at radius 1 is 1.14 bits per heavy atom. The fourth-order valence-electron chi connectivity index (χ4n) is 3.75. The summed E-state index contributed by atoms with van der Waals surface area (Å²) in [5.41, 5.74) is 2.08. The molecule has 0 amide bonds. The van der Waals surface area contributed by atoms with Gasteiger partial charge < -0.3 is 4.74 Å². The number of nitrogens with zero attached hydrogens (tertiary/aromatic N) is 1. The first-order chi connectivity index (χ1) is 16.5. The highest BCUT2D eigenvalue weighted by Gasteiger charge is 2.44. The van der Waals surface area contributed by atoms with Gasteiger partial charge in [0.05, 0.1) is 11.1 Å². The van der Waals surface area contributed by atoms with E-state index in [4.69, 9.17) is 11.6 Å². The lowest BCUT2D eigenvalue weighted by Crippen LogP contribution is -2.33. The van der Waals surface area contributed by atoms with Gasteiger partial charge in [-0.1, -0.05) is 54.1 Å². The van der Waals surface area contributed by atoms with Crippen LogP contribution in [0.4, 0.5) is 22.0 Å². The molecule has 1 heterocycles. The van der Waals surface area contributed by atoms with Crippen LogP contribution in [0.1, 0.15) is 48.8 Å². The molecule has 0 fully saturated rings. The van der Waals surface area contributed by atoms with Gasteiger partial charge in [0, 0.05) is 23.8 Å². The first-order valence-electron chi connectivity index (χ1n) is 11.2. The molecule has 0 aromatic heterocycles. The van der Waals surface area contributed by atoms with Crippen LogP contribution in [0.3, 0.4) is 0 Å². The molecular weight excluding hydrogens is 485 g/mol. The van der Waals surface area contributed by atoms with Crippen molar-refractivity contribution in [1.29, 1.82) is 0 Å². The second kappa shape index (κ2) is 11.7. The van der Waals surface area contributed by atoms with Crippen LogP contribution >= 0.6 is 11.6 Å². The van der Waals surface area contributed by atoms with Gasteiger partial charge >= 0.3 is 12.5 Å². The van der Waals surface area contributed by atoms with E-state index in [9.17, 15) is 22.0 Å². The van der Waals surface area contributed by atoms with Gasteiger partial charge in [0.2, 0.25) is 0 Å². The van der Waals surface area contributed by atoms with E-state index in [2.05, 4.69) is 21.6 Å². The number of hydrogen-bond acceptors (Lipinski definition) is 2. The average Bonchev–Trinajstić information content (AvgIpc) is 2.77. The maximum atomic E-state index is 14.3. The summed E-state index contributed by atoms with van der Waals surface area (Å²) >= 11 is 5.99. The largest absolute Gasteiger partial charge is 0.461 e. The van der Waals surface area contributed by atoms with Crippen molar-refractivity contribution in [2.75, 3.05) is 0 Å². The van der Waals surface area contributed by atoms with E-state index in [1.807, 2.05) is 44.2 Å². The number of ether oxygens (including phenoxy) is 1. The van der Waals surface area contributed by atoms with Gasteiger partial charge in [-0.25, -0.2) is 4.39 Å². The number of dihydropyridines is 1. The number of rotatable bonds is 8. The number of benzene rings is 2. The van der Waals surface area contributed by atoms with Gasteiger partial charge in [0.25, 0.3) is 0 Å². The van der Waals surface area contributed by atoms with Gasteiger partial charge in [-0.2, -0.15) is 17.6 Å². The lowest BCUT2D eigenvalue weighted by Gasteiger charge is -2.22. The lowest BCUT2D eigenvalue weighted by molar-refractivity contribution is -0.253. The highest BCUT2D eigenvalue weighted by molar-refractivity contribution is 6.39. The van der Waals surface area contributed by atoms with Gasteiger partial charge in [-0.3, -0.25) is 4.99 Å². The average molecular weight is 510 g/mol. The Bertz CT molecular complexity index is 1130. The molecule has 0 spiro atoms. The summed E-state index contributed by atoms with van der Waals surface area (Å²) < 4.78 is 70.4. The van der Waals surface area contributed by atoms with Crippen LogP contribution in [0.25, 0.3) is 0 Å². The number of hydrogen-bond donors (Lipinski definition) is 0. The summed E-state index contributed by atoms with van der Waals surface area (Å²) in [5.74, 6) is 4.17. The summed E-state index contributed by atoms with van der Waals surface area (Å²) in [6.07, 6.45) is -3.41. The molecule has 0 saturated carbocycles. The summed E-state index contributed by atoms with van der Waals surface area (Å²) in [5, 5.41) is 0.587. The van der Waals surface area contributed by atoms with E-state index in [0.29, 0.717) is 30.4 Å². The monoisotopic (exact) mass is 509 g/mol. The second-order valence-electron chi connectivity index (χ2n) is 8.56. The highest BCUT2D eigenvalue weighted by atomic mass is 35.5. The molecule has 2 aromatic rings. The number of aryl methyl sites for hydroxylation is 1. The molecule has 0 radical (unpaired) electrons. The number of aliphatic imine (C=N–C) groups is 1. The minimum absolute atomic E-state index is 0.0272. The number of halogens is 6. The molecule has 2 aromatic carbocycles. The standard InChI is InChI=1S/C27H25ClF5NO/c1-17-6-8-19(9-7-17)10-11-20(4-3-5-25-18(2)12-22(28)16-34-25)21-13-23(29)15-24(14-21)35-27(32,33)26(30)31/h6-9,12-16,18,20,25-26H,3-5H2,1-2H3/t18?,20-,25?/m0/s1. The van der Waals surface area contributed by atoms with Gasteiger partial charge in [0.15, 0.2) is 0 Å². The van der Waals surface area contributed by atoms with Crippen LogP contribution in [0.2, 0.25) is 0 Å². The van der Waals surface area contributed by atoms with Crippen molar-refractivity contribution < 1.29 is 26.7 Å². The zero-order valence-electron chi connectivity index (χ0n) is 19.3. The maximum absolute atomic E-state index is 14.3. The Morgan fingerprint density at radius 2 is 1.86 bits per heavy atom. The van der Waals surface area contributed by atoms with Crippen molar-refractivity contribution in [3.8, 4) is 17.6 Å². The molecule has 0 saturated heterocycles. The fourth-order valence-corrected chi connectivity index (χ4v) is 4.01. The van der Waals surface area contributed by atoms with Crippen molar-refractivity contribution in [2.45, 2.75) is 57.6 Å². The van der Waals surface area contributed by atoms with Crippen LogP contribution in [0, 0.1) is 30.5 Å². The normalized spacial score (nSPS) is 18.6. The lowest BCUT2D eigenvalue weighted by atomic mass is 9.89. The van der Waals surface area contributed by atoms with E-state index in [1.165, 1.54) is 0 Å². The summed E-state index contributed by atoms with van der Waals surface area (Å²) in [4.78, 5) is 4.45. The Labute approximate surface area is 206 Å². The fraction of sp³-hybridized carbons (Fsp3) is 0.370. The Hall–Kier alpha value is -2.85. The van der Waals surface area contributed by atoms with E-state index in [1.54, 1.807) is 6.21 Å². The topological polar surface area (TPSA) is 21.6 Å². The Morgan fingerprint density at radius 3 is 2.51 bits per heavy atom. The minimum Gasteiger partial charge on any atom is -0.428 e. The van der Waals surface area contributed by atoms with Crippen molar-refractivity contribution >= 4 is 17.8 Å². The van der Waals surface area contributed by atoms with Crippen LogP contribution in [0.5, 0.6) is 5.75 Å². The van der Waals surface area contributed by atoms with Crippen LogP contribution in [0.15, 0.2) is 58.6 Å². The Kier molecular flexibility index (Phi) is 8.96. The van der Waals surface area contributed by atoms with E-state index < -0.39 is 30.0 Å². The molecule has 8 heteroatoms. The molecule has 1 aliphatic heterocycles. The third-order valence-electron chi connectivity index (χ3n) is 5.66. The molecule has 3 atom stereocenters. The molecule has 0 bridgehead atoms. The SMILES string of the molecule is Cc1ccc(C#C[C@H](CCCC2N=CC(Cl)=CC2C)c2cc(F)cc(OC(F)(F)C(F)F)c2)cc1. The first-order valence-corrected chi connectivity index (χ1v) is 11.6. The predicted molar refractivity (Wildman–Crippen MR) is 128 cm³/mol. The number of allylic oxidation sites excluding steroid dienone is 1. The van der Waals surface area contributed by atoms with E-state index in [-0.39, 0.29) is 17.5 Å². The summed E-state index contributed by atoms with van der Waals surface area (Å²) in [7, 11) is 0. The van der Waals surface area contributed by atoms with Gasteiger partial charge in [-0.15, -0.1) is 0 Å². The van der Waals surface area contributed by atoms with Crippen molar-refractivity contribution in [3.63, 3.8) is 0 Å². The zero-order chi connectivity index (χ0) is 25.6. The maximum Gasteiger partial charge on any atom is 0.461 e. The quantitative estimate of drug-likeness (QED) is 0.262. The van der Waals surface area contributed by atoms with Crippen LogP contribution in [-0.4, -0.2) is 24.8 Å². The Balaban J connectivity index is 1.83. The van der Waals surface area contributed by atoms with Crippen molar-refractivity contribution in [3.05, 3.63) is 76.1 Å². The van der Waals surface area contributed by atoms with Crippen LogP contribution < -0.4 is 4.74 Å². The van der Waals surface area contributed by atoms with Gasteiger partial charge in [0.1, 0.15) is 11.6 Å². The van der Waals surface area contributed by atoms with Crippen LogP contribution in [-0.2, 0) is 0 Å². The van der Waals surface area contributed by atoms with E-state index >= 15 is 0 Å². The molecule has 0 N–H and O–H groups in total. The molecule has 3 rings (SSSR count). The zero-order valence-corrected chi connectivity index (χ0v) is 20.0. The van der Waals surface area contributed by atoms with Crippen molar-refractivity contribution in [1.82, 2.24) is 0 Å². The first kappa shape index (κ1) is 26.7. The molecule has 2 unspecified atom stereocenters. The minimum atomic E-state index is -4.74. The molecule has 2 nitrogen and oxygen atoms in total. The van der Waals surface area contributed by atoms with Gasteiger partial charge in [-0.05, 0) is 61.9 Å². The third-order valence-corrected chi connectivity index (χ3v) is 5.88. The second-order valence-corrected chi connectivity index (χ2v) is 9.00. The highest BCUT2D eigenvalue weighted by Crippen LogP contribution is 2.32. The molecule has 1 aliphatic rings. The molecule has 0 aliphatic carbocycles. The summed E-state index contributed by atoms with van der Waals surface area (Å²) in [6.45, 7) is 3.96. The van der Waals surface area contributed by atoms with Crippen molar-refractivity contribution in [2.24, 2.45) is 10.9 Å². The molecule has 186 valence electrons.